The van der Waals surface area contributed by atoms with Crippen LogP contribution in [0.3, 0.4) is 0 Å². The molecule has 2 aliphatic rings. The first-order valence-corrected chi connectivity index (χ1v) is 10.9. The number of amides is 2. The van der Waals surface area contributed by atoms with Gasteiger partial charge in [-0.25, -0.2) is 0 Å². The number of allylic oxidation sites excluding steroid dienone is 1. The Labute approximate surface area is 178 Å². The fourth-order valence-electron chi connectivity index (χ4n) is 4.22. The summed E-state index contributed by atoms with van der Waals surface area (Å²) in [5.74, 6) is 0.416. The molecule has 4 N–H and O–H groups in total. The highest BCUT2D eigenvalue weighted by Crippen LogP contribution is 2.29. The molecule has 1 saturated carbocycles. The summed E-state index contributed by atoms with van der Waals surface area (Å²) in [6.07, 6.45) is 6.82. The third-order valence-electron chi connectivity index (χ3n) is 6.20. The largest absolute Gasteiger partial charge is 0.354 e. The van der Waals surface area contributed by atoms with E-state index in [-0.39, 0.29) is 11.8 Å². The van der Waals surface area contributed by atoms with Crippen molar-refractivity contribution in [2.75, 3.05) is 18.4 Å². The highest BCUT2D eigenvalue weighted by Gasteiger charge is 2.25. The summed E-state index contributed by atoms with van der Waals surface area (Å²) in [4.78, 5) is 27.1. The van der Waals surface area contributed by atoms with Gasteiger partial charge < -0.3 is 16.0 Å². The van der Waals surface area contributed by atoms with E-state index in [1.165, 1.54) is 23.1 Å². The summed E-state index contributed by atoms with van der Waals surface area (Å²) in [6, 6.07) is 15.9. The van der Waals surface area contributed by atoms with E-state index in [0.29, 0.717) is 17.2 Å². The van der Waals surface area contributed by atoms with Gasteiger partial charge >= 0.3 is 0 Å². The second-order valence-corrected chi connectivity index (χ2v) is 8.29. The minimum absolute atomic E-state index is 0.0356. The molecule has 1 saturated heterocycles. The van der Waals surface area contributed by atoms with E-state index in [1.54, 1.807) is 12.1 Å². The average Bonchev–Trinajstić information content (AvgIpc) is 2.76. The van der Waals surface area contributed by atoms with E-state index in [1.807, 2.05) is 23.1 Å². The summed E-state index contributed by atoms with van der Waals surface area (Å²) >= 11 is 0. The lowest BCUT2D eigenvalue weighted by atomic mass is 9.88. The summed E-state index contributed by atoms with van der Waals surface area (Å²) in [5, 5.41) is 2.89. The molecule has 30 heavy (non-hydrogen) atoms. The number of benzene rings is 2. The van der Waals surface area contributed by atoms with Gasteiger partial charge in [0.05, 0.1) is 6.54 Å². The van der Waals surface area contributed by atoms with Crippen LogP contribution < -0.4 is 11.1 Å². The molecule has 2 aromatic carbocycles. The Morgan fingerprint density at radius 3 is 2.53 bits per heavy atom. The van der Waals surface area contributed by atoms with Gasteiger partial charge in [-0.3, -0.25) is 9.59 Å². The lowest BCUT2D eigenvalue weighted by Gasteiger charge is -2.32. The van der Waals surface area contributed by atoms with Gasteiger partial charge in [0, 0.05) is 36.0 Å². The Hall–Kier alpha value is -2.92. The van der Waals surface area contributed by atoms with Gasteiger partial charge in [-0.1, -0.05) is 29.8 Å². The number of rotatable bonds is 5. The first kappa shape index (κ1) is 20.4. The molecule has 5 heteroatoms. The Morgan fingerprint density at radius 1 is 1.07 bits per heavy atom. The number of nitrogens with one attached hydrogen (secondary N) is 1. The first-order chi connectivity index (χ1) is 14.6. The monoisotopic (exact) mass is 404 g/mol. The first-order valence-electron chi connectivity index (χ1n) is 10.9. The van der Waals surface area contributed by atoms with Crippen molar-refractivity contribution in [2.45, 2.75) is 44.6 Å². The van der Waals surface area contributed by atoms with E-state index < -0.39 is 0 Å². The van der Waals surface area contributed by atoms with Crippen LogP contribution in [0.25, 0.3) is 0 Å². The van der Waals surface area contributed by atoms with Crippen LogP contribution in [0, 0.1) is 0 Å². The van der Waals surface area contributed by atoms with Gasteiger partial charge in [-0.2, -0.15) is 0 Å². The molecule has 0 unspecified atom stereocenters. The van der Waals surface area contributed by atoms with E-state index in [4.69, 9.17) is 0 Å². The molecule has 1 aliphatic carbocycles. The SMILES string of the molecule is [NH3+]Cc1cccc(C2CCN(C(=O)c3cccc(NC(=O)C=C4CCC4)c3)CC2)c1. The van der Waals surface area contributed by atoms with Crippen molar-refractivity contribution in [1.29, 1.82) is 0 Å². The average molecular weight is 405 g/mol. The number of hydrogen-bond acceptors (Lipinski definition) is 2. The van der Waals surface area contributed by atoms with Gasteiger partial charge in [0.25, 0.3) is 5.91 Å². The third-order valence-corrected chi connectivity index (χ3v) is 6.20. The molecule has 4 rings (SSSR count). The lowest BCUT2D eigenvalue weighted by Crippen LogP contribution is -2.47. The Morgan fingerprint density at radius 2 is 1.83 bits per heavy atom. The molecular formula is C25H30N3O2+. The van der Waals surface area contributed by atoms with Gasteiger partial charge in [-0.15, -0.1) is 0 Å². The van der Waals surface area contributed by atoms with E-state index in [9.17, 15) is 9.59 Å². The molecule has 156 valence electrons. The fourth-order valence-corrected chi connectivity index (χ4v) is 4.22. The predicted octanol–water partition coefficient (Wildman–Crippen LogP) is 3.50. The van der Waals surface area contributed by atoms with Crippen LogP contribution in [-0.2, 0) is 11.3 Å². The van der Waals surface area contributed by atoms with Crippen molar-refractivity contribution in [2.24, 2.45) is 0 Å². The Kier molecular flexibility index (Phi) is 6.29. The zero-order valence-electron chi connectivity index (χ0n) is 17.4. The molecule has 2 fully saturated rings. The minimum Gasteiger partial charge on any atom is -0.354 e. The number of quaternary nitrogens is 1. The number of piperidine rings is 1. The second kappa shape index (κ2) is 9.26. The lowest BCUT2D eigenvalue weighted by molar-refractivity contribution is -0.386. The molecule has 1 heterocycles. The van der Waals surface area contributed by atoms with Gasteiger partial charge in [0.2, 0.25) is 5.91 Å². The van der Waals surface area contributed by atoms with Crippen molar-refractivity contribution in [3.63, 3.8) is 0 Å². The quantitative estimate of drug-likeness (QED) is 0.749. The fraction of sp³-hybridized carbons (Fsp3) is 0.360. The zero-order chi connectivity index (χ0) is 20.9. The van der Waals surface area contributed by atoms with Gasteiger partial charge in [0.15, 0.2) is 0 Å². The molecule has 5 nitrogen and oxygen atoms in total. The van der Waals surface area contributed by atoms with Crippen LogP contribution in [0.4, 0.5) is 5.69 Å². The number of likely N-dealkylation sites (tertiary alicyclic amines) is 1. The molecule has 1 aliphatic heterocycles. The maximum Gasteiger partial charge on any atom is 0.253 e. The standard InChI is InChI=1S/C25H29N3O2/c26-17-19-6-2-7-21(14-19)20-10-12-28(13-11-20)25(30)22-8-3-9-23(16-22)27-24(29)15-18-4-1-5-18/h2-3,6-9,14-16,20H,1,4-5,10-13,17,26H2,(H,27,29)/p+1. The number of anilines is 1. The Bertz CT molecular complexity index is 952. The number of hydrogen-bond donors (Lipinski definition) is 2. The maximum absolute atomic E-state index is 13.0. The van der Waals surface area contributed by atoms with E-state index >= 15 is 0 Å². The van der Waals surface area contributed by atoms with Crippen LogP contribution in [0.5, 0.6) is 0 Å². The number of nitrogens with zero attached hydrogens (tertiary/aromatic N) is 1. The minimum atomic E-state index is -0.111. The zero-order valence-corrected chi connectivity index (χ0v) is 17.4. The van der Waals surface area contributed by atoms with Crippen LogP contribution in [0.1, 0.15) is 59.5 Å². The van der Waals surface area contributed by atoms with Crippen molar-refractivity contribution >= 4 is 17.5 Å². The van der Waals surface area contributed by atoms with Crippen molar-refractivity contribution in [3.05, 3.63) is 76.9 Å². The van der Waals surface area contributed by atoms with Gasteiger partial charge in [-0.05, 0) is 67.9 Å². The van der Waals surface area contributed by atoms with E-state index in [2.05, 4.69) is 35.3 Å². The van der Waals surface area contributed by atoms with Crippen molar-refractivity contribution < 1.29 is 15.3 Å². The summed E-state index contributed by atoms with van der Waals surface area (Å²) in [7, 11) is 0. The molecule has 0 atom stereocenters. The normalized spacial score (nSPS) is 16.7. The van der Waals surface area contributed by atoms with Crippen LogP contribution in [-0.4, -0.2) is 29.8 Å². The summed E-state index contributed by atoms with van der Waals surface area (Å²) in [5.41, 5.74) is 9.08. The summed E-state index contributed by atoms with van der Waals surface area (Å²) in [6.45, 7) is 2.30. The number of carbonyl (C=O) groups is 2. The summed E-state index contributed by atoms with van der Waals surface area (Å²) < 4.78 is 0. The van der Waals surface area contributed by atoms with Crippen molar-refractivity contribution in [3.8, 4) is 0 Å². The highest BCUT2D eigenvalue weighted by molar-refractivity contribution is 6.01. The van der Waals surface area contributed by atoms with E-state index in [0.717, 1.165) is 45.3 Å². The highest BCUT2D eigenvalue weighted by atomic mass is 16.2. The molecule has 0 spiro atoms. The third kappa shape index (κ3) is 4.79. The molecule has 0 bridgehead atoms. The molecule has 2 aromatic rings. The molecule has 2 amide bonds. The predicted molar refractivity (Wildman–Crippen MR) is 118 cm³/mol. The number of carbonyl (C=O) groups excluding carboxylic acids is 2. The smallest absolute Gasteiger partial charge is 0.253 e. The Balaban J connectivity index is 1.36. The van der Waals surface area contributed by atoms with Gasteiger partial charge in [0.1, 0.15) is 0 Å². The van der Waals surface area contributed by atoms with Crippen LogP contribution in [0.2, 0.25) is 0 Å². The molecular weight excluding hydrogens is 374 g/mol. The maximum atomic E-state index is 13.0. The van der Waals surface area contributed by atoms with Crippen LogP contribution >= 0.6 is 0 Å². The molecule has 0 aromatic heterocycles. The molecule has 0 radical (unpaired) electrons. The second-order valence-electron chi connectivity index (χ2n) is 8.29. The van der Waals surface area contributed by atoms with Crippen LogP contribution in [0.15, 0.2) is 60.2 Å². The topological polar surface area (TPSA) is 77.1 Å². The van der Waals surface area contributed by atoms with Crippen molar-refractivity contribution in [1.82, 2.24) is 4.90 Å².